The SMILES string of the molecule is Nc1c(Nc2ccc(Oc3ccccc3)cc2)ncnc1-n1ccnc1. The first-order valence-corrected chi connectivity index (χ1v) is 7.98. The summed E-state index contributed by atoms with van der Waals surface area (Å²) < 4.78 is 7.52. The van der Waals surface area contributed by atoms with E-state index < -0.39 is 0 Å². The minimum absolute atomic E-state index is 0.440. The maximum atomic E-state index is 6.19. The van der Waals surface area contributed by atoms with E-state index in [1.54, 1.807) is 23.3 Å². The number of hydrogen-bond acceptors (Lipinski definition) is 6. The zero-order valence-electron chi connectivity index (χ0n) is 13.8. The van der Waals surface area contributed by atoms with E-state index in [0.717, 1.165) is 17.2 Å². The molecule has 26 heavy (non-hydrogen) atoms. The Bertz CT molecular complexity index is 984. The minimum atomic E-state index is 0.440. The molecule has 0 aliphatic carbocycles. The van der Waals surface area contributed by atoms with Gasteiger partial charge < -0.3 is 15.8 Å². The molecular formula is C19H16N6O. The fourth-order valence-corrected chi connectivity index (χ4v) is 2.44. The summed E-state index contributed by atoms with van der Waals surface area (Å²) in [4.78, 5) is 12.4. The molecule has 128 valence electrons. The highest BCUT2D eigenvalue weighted by atomic mass is 16.5. The van der Waals surface area contributed by atoms with Gasteiger partial charge in [0, 0.05) is 18.1 Å². The first kappa shape index (κ1) is 15.6. The number of nitrogens with zero attached hydrogens (tertiary/aromatic N) is 4. The number of para-hydroxylation sites is 1. The van der Waals surface area contributed by atoms with Gasteiger partial charge in [-0.2, -0.15) is 0 Å². The molecule has 4 rings (SSSR count). The summed E-state index contributed by atoms with van der Waals surface area (Å²) >= 11 is 0. The smallest absolute Gasteiger partial charge is 0.166 e. The van der Waals surface area contributed by atoms with Crippen LogP contribution in [-0.2, 0) is 0 Å². The number of aromatic nitrogens is 4. The van der Waals surface area contributed by atoms with Crippen molar-refractivity contribution in [2.45, 2.75) is 0 Å². The van der Waals surface area contributed by atoms with Crippen molar-refractivity contribution in [3.63, 3.8) is 0 Å². The van der Waals surface area contributed by atoms with Gasteiger partial charge in [0.1, 0.15) is 29.8 Å². The second kappa shape index (κ2) is 6.94. The Morgan fingerprint density at radius 2 is 1.69 bits per heavy atom. The molecule has 3 N–H and O–H groups in total. The lowest BCUT2D eigenvalue weighted by molar-refractivity contribution is 0.483. The van der Waals surface area contributed by atoms with Gasteiger partial charge in [0.15, 0.2) is 11.6 Å². The van der Waals surface area contributed by atoms with Gasteiger partial charge in [-0.25, -0.2) is 15.0 Å². The molecule has 0 amide bonds. The number of nitrogens with one attached hydrogen (secondary N) is 1. The summed E-state index contributed by atoms with van der Waals surface area (Å²) in [6.45, 7) is 0. The number of benzene rings is 2. The van der Waals surface area contributed by atoms with Crippen LogP contribution in [0, 0.1) is 0 Å². The van der Waals surface area contributed by atoms with Crippen molar-refractivity contribution in [1.29, 1.82) is 0 Å². The Labute approximate surface area is 150 Å². The molecule has 0 bridgehead atoms. The average Bonchev–Trinajstić information content (AvgIpc) is 3.20. The van der Waals surface area contributed by atoms with Gasteiger partial charge in [-0.1, -0.05) is 18.2 Å². The molecule has 7 nitrogen and oxygen atoms in total. The third-order valence-corrected chi connectivity index (χ3v) is 3.71. The van der Waals surface area contributed by atoms with Crippen molar-refractivity contribution in [3.8, 4) is 17.3 Å². The van der Waals surface area contributed by atoms with E-state index in [1.807, 2.05) is 54.6 Å². The molecule has 2 heterocycles. The Kier molecular flexibility index (Phi) is 4.17. The zero-order valence-corrected chi connectivity index (χ0v) is 13.8. The van der Waals surface area contributed by atoms with Crippen molar-refractivity contribution in [3.05, 3.63) is 79.6 Å². The third-order valence-electron chi connectivity index (χ3n) is 3.71. The van der Waals surface area contributed by atoms with E-state index in [1.165, 1.54) is 6.33 Å². The standard InChI is InChI=1S/C19H16N6O/c20-17-18(22-12-23-19(17)25-11-10-21-13-25)24-14-6-8-16(9-7-14)26-15-4-2-1-3-5-15/h1-13H,20H2,(H,22,23,24). The first-order chi connectivity index (χ1) is 12.8. The highest BCUT2D eigenvalue weighted by molar-refractivity contribution is 5.74. The number of nitrogen functional groups attached to an aromatic ring is 1. The molecule has 4 aromatic rings. The fourth-order valence-electron chi connectivity index (χ4n) is 2.44. The van der Waals surface area contributed by atoms with Gasteiger partial charge in [0.05, 0.1) is 0 Å². The second-order valence-corrected chi connectivity index (χ2v) is 5.49. The molecule has 0 spiro atoms. The molecule has 7 heteroatoms. The molecule has 2 aromatic heterocycles. The van der Waals surface area contributed by atoms with Crippen molar-refractivity contribution < 1.29 is 4.74 Å². The molecule has 0 unspecified atom stereocenters. The predicted octanol–water partition coefficient (Wildman–Crippen LogP) is 3.78. The van der Waals surface area contributed by atoms with Crippen LogP contribution in [0.15, 0.2) is 79.6 Å². The van der Waals surface area contributed by atoms with Crippen LogP contribution in [0.1, 0.15) is 0 Å². The van der Waals surface area contributed by atoms with Crippen LogP contribution in [0.4, 0.5) is 17.2 Å². The molecule has 0 atom stereocenters. The van der Waals surface area contributed by atoms with Gasteiger partial charge in [0.25, 0.3) is 0 Å². The van der Waals surface area contributed by atoms with E-state index in [4.69, 9.17) is 10.5 Å². The zero-order chi connectivity index (χ0) is 17.8. The van der Waals surface area contributed by atoms with Crippen LogP contribution >= 0.6 is 0 Å². The van der Waals surface area contributed by atoms with Gasteiger partial charge in [-0.05, 0) is 36.4 Å². The third kappa shape index (κ3) is 3.32. The van der Waals surface area contributed by atoms with Gasteiger partial charge in [-0.15, -0.1) is 0 Å². The van der Waals surface area contributed by atoms with Gasteiger partial charge >= 0.3 is 0 Å². The largest absolute Gasteiger partial charge is 0.457 e. The average molecular weight is 344 g/mol. The normalized spacial score (nSPS) is 10.5. The molecular weight excluding hydrogens is 328 g/mol. The number of imidazole rings is 1. The molecule has 0 saturated heterocycles. The maximum absolute atomic E-state index is 6.19. The Balaban J connectivity index is 1.52. The van der Waals surface area contributed by atoms with Crippen molar-refractivity contribution in [2.75, 3.05) is 11.1 Å². The summed E-state index contributed by atoms with van der Waals surface area (Å²) in [6.07, 6.45) is 6.54. The Hall–Kier alpha value is -3.87. The number of anilines is 3. The van der Waals surface area contributed by atoms with Crippen LogP contribution in [0.2, 0.25) is 0 Å². The lowest BCUT2D eigenvalue weighted by Crippen LogP contribution is -2.06. The lowest BCUT2D eigenvalue weighted by atomic mass is 10.3. The topological polar surface area (TPSA) is 90.9 Å². The number of ether oxygens (including phenoxy) is 1. The number of hydrogen-bond donors (Lipinski definition) is 2. The summed E-state index contributed by atoms with van der Waals surface area (Å²) in [5, 5.41) is 3.20. The van der Waals surface area contributed by atoms with E-state index in [2.05, 4.69) is 20.3 Å². The molecule has 0 aliphatic heterocycles. The van der Waals surface area contributed by atoms with Crippen LogP contribution in [0.5, 0.6) is 11.5 Å². The van der Waals surface area contributed by atoms with Crippen LogP contribution in [-0.4, -0.2) is 19.5 Å². The van der Waals surface area contributed by atoms with Crippen molar-refractivity contribution in [1.82, 2.24) is 19.5 Å². The van der Waals surface area contributed by atoms with E-state index in [0.29, 0.717) is 17.3 Å². The van der Waals surface area contributed by atoms with E-state index >= 15 is 0 Å². The summed E-state index contributed by atoms with van der Waals surface area (Å²) in [5.74, 6) is 2.64. The second-order valence-electron chi connectivity index (χ2n) is 5.49. The maximum Gasteiger partial charge on any atom is 0.166 e. The molecule has 0 fully saturated rings. The highest BCUT2D eigenvalue weighted by Crippen LogP contribution is 2.27. The Morgan fingerprint density at radius 1 is 0.923 bits per heavy atom. The molecule has 0 radical (unpaired) electrons. The summed E-state index contributed by atoms with van der Waals surface area (Å²) in [6, 6.07) is 17.2. The quantitative estimate of drug-likeness (QED) is 0.572. The van der Waals surface area contributed by atoms with Crippen LogP contribution in [0.3, 0.4) is 0 Å². The van der Waals surface area contributed by atoms with Crippen molar-refractivity contribution >= 4 is 17.2 Å². The van der Waals surface area contributed by atoms with Crippen molar-refractivity contribution in [2.24, 2.45) is 0 Å². The molecule has 0 aliphatic rings. The van der Waals surface area contributed by atoms with Gasteiger partial charge in [-0.3, -0.25) is 4.57 Å². The number of rotatable bonds is 5. The van der Waals surface area contributed by atoms with Crippen LogP contribution in [0.25, 0.3) is 5.82 Å². The predicted molar refractivity (Wildman–Crippen MR) is 99.8 cm³/mol. The monoisotopic (exact) mass is 344 g/mol. The Morgan fingerprint density at radius 3 is 2.42 bits per heavy atom. The van der Waals surface area contributed by atoms with Gasteiger partial charge in [0.2, 0.25) is 0 Å². The molecule has 0 saturated carbocycles. The minimum Gasteiger partial charge on any atom is -0.457 e. The van der Waals surface area contributed by atoms with E-state index in [-0.39, 0.29) is 0 Å². The molecule has 2 aromatic carbocycles. The lowest BCUT2D eigenvalue weighted by Gasteiger charge is -2.12. The number of nitrogens with two attached hydrogens (primary N) is 1. The van der Waals surface area contributed by atoms with Crippen LogP contribution < -0.4 is 15.8 Å². The summed E-state index contributed by atoms with van der Waals surface area (Å²) in [7, 11) is 0. The highest BCUT2D eigenvalue weighted by Gasteiger charge is 2.10. The summed E-state index contributed by atoms with van der Waals surface area (Å²) in [5.41, 5.74) is 7.47. The van der Waals surface area contributed by atoms with E-state index in [9.17, 15) is 0 Å². The fraction of sp³-hybridized carbons (Fsp3) is 0. The first-order valence-electron chi connectivity index (χ1n) is 7.98.